The van der Waals surface area contributed by atoms with E-state index in [4.69, 9.17) is 55.9 Å². The Kier molecular flexibility index (Phi) is 6.52. The molecular formula is C22H10Cl4O8. The van der Waals surface area contributed by atoms with Crippen molar-refractivity contribution < 1.29 is 38.2 Å². The van der Waals surface area contributed by atoms with Crippen molar-refractivity contribution >= 4 is 81.5 Å². The molecule has 0 spiro atoms. The summed E-state index contributed by atoms with van der Waals surface area (Å²) in [6.45, 7) is 0. The first-order valence-corrected chi connectivity index (χ1v) is 11.0. The van der Waals surface area contributed by atoms with E-state index in [1.54, 1.807) is 0 Å². The van der Waals surface area contributed by atoms with Gasteiger partial charge in [-0.3, -0.25) is 19.2 Å². The summed E-state index contributed by atoms with van der Waals surface area (Å²) in [5.41, 5.74) is -0.168. The van der Waals surface area contributed by atoms with Crippen LogP contribution in [0.3, 0.4) is 0 Å². The van der Waals surface area contributed by atoms with E-state index in [2.05, 4.69) is 0 Å². The second kappa shape index (κ2) is 9.11. The molecule has 34 heavy (non-hydrogen) atoms. The maximum absolute atomic E-state index is 13.1. The van der Waals surface area contributed by atoms with Crippen LogP contribution in [0.5, 0.6) is 0 Å². The Bertz CT molecular complexity index is 1200. The van der Waals surface area contributed by atoms with Gasteiger partial charge in [-0.05, 0) is 36.4 Å². The summed E-state index contributed by atoms with van der Waals surface area (Å²) >= 11 is 23.6. The lowest BCUT2D eigenvalue weighted by Crippen LogP contribution is -2.44. The number of carbonyl (C=O) groups is 6. The predicted octanol–water partition coefficient (Wildman–Crippen LogP) is 3.59. The number of halogens is 4. The van der Waals surface area contributed by atoms with Crippen LogP contribution in [0.1, 0.15) is 20.7 Å². The van der Waals surface area contributed by atoms with Crippen LogP contribution in [0.25, 0.3) is 0 Å². The number of rotatable bonds is 5. The third kappa shape index (κ3) is 4.11. The molecule has 0 N–H and O–H groups in total. The van der Waals surface area contributed by atoms with Crippen LogP contribution >= 0.6 is 46.4 Å². The highest BCUT2D eigenvalue weighted by molar-refractivity contribution is 6.45. The quantitative estimate of drug-likeness (QED) is 0.243. The molecule has 4 rings (SSSR count). The smallest absolute Gasteiger partial charge is 0.376 e. The maximum atomic E-state index is 13.1. The van der Waals surface area contributed by atoms with Crippen LogP contribution in [-0.4, -0.2) is 47.3 Å². The van der Waals surface area contributed by atoms with Gasteiger partial charge in [-0.2, -0.15) is 0 Å². The number of ether oxygens (including phenoxy) is 2. The molecule has 2 aliphatic rings. The molecule has 0 unspecified atom stereocenters. The molecule has 0 aliphatic carbocycles. The first-order chi connectivity index (χ1) is 16.0. The second-order valence-electron chi connectivity index (χ2n) is 7.41. The molecule has 174 valence electrons. The Morgan fingerprint density at radius 2 is 0.941 bits per heavy atom. The Labute approximate surface area is 211 Å². The van der Waals surface area contributed by atoms with Gasteiger partial charge in [0.25, 0.3) is 11.6 Å². The molecule has 2 heterocycles. The zero-order valence-corrected chi connectivity index (χ0v) is 19.6. The van der Waals surface area contributed by atoms with Crippen molar-refractivity contribution in [1.82, 2.24) is 0 Å². The van der Waals surface area contributed by atoms with Gasteiger partial charge in [-0.25, -0.2) is 9.59 Å². The summed E-state index contributed by atoms with van der Waals surface area (Å²) in [7, 11) is 0. The van der Waals surface area contributed by atoms with Gasteiger partial charge in [-0.1, -0.05) is 46.4 Å². The topological polar surface area (TPSA) is 121 Å². The Morgan fingerprint density at radius 3 is 1.26 bits per heavy atom. The number of Topliss-reactive ketones (excluding diaryl/α,β-unsaturated/α-hetero) is 4. The molecule has 4 atom stereocenters. The first-order valence-electron chi connectivity index (χ1n) is 9.49. The molecule has 0 amide bonds. The zero-order chi connectivity index (χ0) is 24.9. The molecule has 0 bridgehead atoms. The van der Waals surface area contributed by atoms with Crippen molar-refractivity contribution in [3.05, 3.63) is 67.6 Å². The minimum Gasteiger partial charge on any atom is -0.451 e. The van der Waals surface area contributed by atoms with E-state index in [9.17, 15) is 28.8 Å². The lowest BCUT2D eigenvalue weighted by Gasteiger charge is -2.24. The van der Waals surface area contributed by atoms with Crippen molar-refractivity contribution in [1.29, 1.82) is 0 Å². The predicted molar refractivity (Wildman–Crippen MR) is 118 cm³/mol. The summed E-state index contributed by atoms with van der Waals surface area (Å²) in [5.74, 6) is -10.6. The highest BCUT2D eigenvalue weighted by atomic mass is 35.5. The van der Waals surface area contributed by atoms with Gasteiger partial charge < -0.3 is 9.47 Å². The lowest BCUT2D eigenvalue weighted by molar-refractivity contribution is -0.157. The Morgan fingerprint density at radius 1 is 0.588 bits per heavy atom. The van der Waals surface area contributed by atoms with E-state index in [-0.39, 0.29) is 31.2 Å². The van der Waals surface area contributed by atoms with E-state index >= 15 is 0 Å². The molecule has 2 fully saturated rings. The summed E-state index contributed by atoms with van der Waals surface area (Å²) in [6, 6.07) is 7.53. The summed E-state index contributed by atoms with van der Waals surface area (Å²) in [5, 5.41) is 0.304. The van der Waals surface area contributed by atoms with Gasteiger partial charge in [0.1, 0.15) is 11.8 Å². The summed E-state index contributed by atoms with van der Waals surface area (Å²) in [4.78, 5) is 75.5. The molecule has 2 aliphatic heterocycles. The second-order valence-corrected chi connectivity index (χ2v) is 9.04. The maximum Gasteiger partial charge on any atom is 0.376 e. The third-order valence-electron chi connectivity index (χ3n) is 5.41. The number of carbonyl (C=O) groups excluding carboxylic acids is 6. The Hall–Kier alpha value is -2.78. The van der Waals surface area contributed by atoms with E-state index < -0.39 is 59.1 Å². The molecule has 0 radical (unpaired) electrons. The zero-order valence-electron chi connectivity index (χ0n) is 16.6. The average Bonchev–Trinajstić information content (AvgIpc) is 3.26. The van der Waals surface area contributed by atoms with Crippen LogP contribution < -0.4 is 0 Å². The highest BCUT2D eigenvalue weighted by Gasteiger charge is 2.60. The number of esters is 2. The lowest BCUT2D eigenvalue weighted by atomic mass is 9.81. The fraction of sp³-hybridized carbons (Fsp3) is 0.182. The van der Waals surface area contributed by atoms with Crippen molar-refractivity contribution in [3.8, 4) is 0 Å². The average molecular weight is 544 g/mol. The molecule has 12 heteroatoms. The van der Waals surface area contributed by atoms with Crippen molar-refractivity contribution in [2.24, 2.45) is 11.8 Å². The van der Waals surface area contributed by atoms with Crippen molar-refractivity contribution in [3.63, 3.8) is 0 Å². The molecular weight excluding hydrogens is 534 g/mol. The van der Waals surface area contributed by atoms with Gasteiger partial charge in [0.05, 0.1) is 20.1 Å². The van der Waals surface area contributed by atoms with Crippen molar-refractivity contribution in [2.45, 2.75) is 12.2 Å². The van der Waals surface area contributed by atoms with Gasteiger partial charge in [0, 0.05) is 11.1 Å². The fourth-order valence-corrected chi connectivity index (χ4v) is 4.36. The number of hydrogen-bond acceptors (Lipinski definition) is 8. The number of cyclic esters (lactones) is 2. The minimum atomic E-state index is -1.79. The van der Waals surface area contributed by atoms with Crippen LogP contribution in [0.4, 0.5) is 0 Å². The van der Waals surface area contributed by atoms with Crippen LogP contribution in [0, 0.1) is 11.8 Å². The third-order valence-corrected chi connectivity index (χ3v) is 6.89. The van der Waals surface area contributed by atoms with E-state index in [0.717, 1.165) is 0 Å². The SMILES string of the molecule is O=C1O[C@@H]([C@H]2OC(=O)C(=O)[C@H]2C(=O)c2ccc(Cl)c(Cl)c2)[C@H](C(=O)c2ccc(Cl)c(Cl)c2)C1=O. The van der Waals surface area contributed by atoms with Crippen LogP contribution in [0.15, 0.2) is 36.4 Å². The first kappa shape index (κ1) is 24.3. The number of hydrogen-bond donors (Lipinski definition) is 0. The molecule has 2 aromatic rings. The van der Waals surface area contributed by atoms with E-state index in [1.165, 1.54) is 36.4 Å². The summed E-state index contributed by atoms with van der Waals surface area (Å²) in [6.07, 6.45) is -3.46. The van der Waals surface area contributed by atoms with Crippen LogP contribution in [-0.2, 0) is 28.7 Å². The van der Waals surface area contributed by atoms with Crippen LogP contribution in [0.2, 0.25) is 20.1 Å². The largest absolute Gasteiger partial charge is 0.451 e. The monoisotopic (exact) mass is 542 g/mol. The van der Waals surface area contributed by atoms with Gasteiger partial charge in [0.2, 0.25) is 0 Å². The molecule has 0 aromatic heterocycles. The molecule has 8 nitrogen and oxygen atoms in total. The Balaban J connectivity index is 1.73. The molecule has 2 aromatic carbocycles. The van der Waals surface area contributed by atoms with E-state index in [0.29, 0.717) is 0 Å². The number of benzene rings is 2. The fourth-order valence-electron chi connectivity index (χ4n) is 3.76. The van der Waals surface area contributed by atoms with Gasteiger partial charge >= 0.3 is 11.9 Å². The molecule has 0 saturated carbocycles. The van der Waals surface area contributed by atoms with E-state index in [1.807, 2.05) is 0 Å². The highest BCUT2D eigenvalue weighted by Crippen LogP contribution is 2.36. The normalized spacial score (nSPS) is 24.2. The van der Waals surface area contributed by atoms with Gasteiger partial charge in [-0.15, -0.1) is 0 Å². The molecule has 2 saturated heterocycles. The van der Waals surface area contributed by atoms with Crippen molar-refractivity contribution in [2.75, 3.05) is 0 Å². The number of ketones is 4. The summed E-state index contributed by atoms with van der Waals surface area (Å²) < 4.78 is 10.1. The van der Waals surface area contributed by atoms with Gasteiger partial charge in [0.15, 0.2) is 23.8 Å². The minimum absolute atomic E-state index is 0.0110. The standard InChI is InChI=1S/C22H10Cl4O8/c23-9-3-1-7(5-11(9)25)15(27)13-17(29)21(31)33-19(13)20-14(18(30)22(32)34-20)16(28)8-2-4-10(24)12(26)6-8/h1-6,13-14,19-20H/t13-,14-,19-,20+/m1/s1.